The molecular formula is C75H146O17P2. The molecule has 0 aliphatic carbocycles. The van der Waals surface area contributed by atoms with Crippen molar-refractivity contribution in [2.24, 2.45) is 5.92 Å². The number of hydrogen-bond acceptors (Lipinski definition) is 15. The predicted molar refractivity (Wildman–Crippen MR) is 382 cm³/mol. The van der Waals surface area contributed by atoms with Gasteiger partial charge in [0.25, 0.3) is 0 Å². The van der Waals surface area contributed by atoms with Gasteiger partial charge in [-0.2, -0.15) is 0 Å². The number of unbranched alkanes of at least 4 members (excludes halogenated alkanes) is 47. The second-order valence-corrected chi connectivity index (χ2v) is 30.4. The van der Waals surface area contributed by atoms with Crippen LogP contribution in [-0.2, 0) is 65.4 Å². The number of phosphoric ester groups is 2. The molecular weight excluding hydrogens is 1230 g/mol. The van der Waals surface area contributed by atoms with Crippen LogP contribution in [0.5, 0.6) is 0 Å². The zero-order valence-electron chi connectivity index (χ0n) is 61.1. The number of esters is 4. The molecule has 0 bridgehead atoms. The Morgan fingerprint density at radius 1 is 0.287 bits per heavy atom. The molecule has 0 aromatic carbocycles. The van der Waals surface area contributed by atoms with E-state index >= 15 is 0 Å². The van der Waals surface area contributed by atoms with Crippen LogP contribution < -0.4 is 0 Å². The van der Waals surface area contributed by atoms with Gasteiger partial charge in [-0.3, -0.25) is 37.3 Å². The Kier molecular flexibility index (Phi) is 66.8. The molecule has 0 aromatic rings. The lowest BCUT2D eigenvalue weighted by atomic mass is 10.0. The van der Waals surface area contributed by atoms with Gasteiger partial charge in [-0.25, -0.2) is 9.13 Å². The molecule has 0 fully saturated rings. The fourth-order valence-electron chi connectivity index (χ4n) is 11.5. The highest BCUT2D eigenvalue weighted by molar-refractivity contribution is 7.47. The quantitative estimate of drug-likeness (QED) is 0.0222. The van der Waals surface area contributed by atoms with Gasteiger partial charge in [0.15, 0.2) is 12.2 Å². The fourth-order valence-corrected chi connectivity index (χ4v) is 13.1. The van der Waals surface area contributed by atoms with E-state index in [9.17, 15) is 43.2 Å². The number of aliphatic hydroxyl groups is 1. The second-order valence-electron chi connectivity index (χ2n) is 27.5. The summed E-state index contributed by atoms with van der Waals surface area (Å²) in [4.78, 5) is 72.6. The van der Waals surface area contributed by atoms with Crippen LogP contribution in [0.4, 0.5) is 0 Å². The Morgan fingerprint density at radius 2 is 0.489 bits per heavy atom. The van der Waals surface area contributed by atoms with E-state index in [4.69, 9.17) is 37.0 Å². The average Bonchev–Trinajstić information content (AvgIpc) is 1.45. The van der Waals surface area contributed by atoms with Crippen molar-refractivity contribution in [2.45, 2.75) is 412 Å². The Labute approximate surface area is 575 Å². The monoisotopic (exact) mass is 1380 g/mol. The van der Waals surface area contributed by atoms with Crippen molar-refractivity contribution in [1.29, 1.82) is 0 Å². The van der Waals surface area contributed by atoms with E-state index in [-0.39, 0.29) is 25.7 Å². The first kappa shape index (κ1) is 92.1. The van der Waals surface area contributed by atoms with Crippen molar-refractivity contribution in [3.63, 3.8) is 0 Å². The standard InChI is InChI=1S/C75H146O17P2/c1-6-9-12-15-18-20-22-24-25-26-27-28-29-30-31-32-33-35-41-46-51-56-61-75(80)92-71(65-86-73(78)59-54-49-44-39-37-36-38-43-47-52-57-68(4)5)67-90-94(83,84)88-63-69(76)62-87-93(81,82)89-66-70(64-85-72(77)58-53-48-42-17-14-11-8-3)91-74(79)60-55-50-45-40-34-23-21-19-16-13-10-7-2/h68-71,76H,6-67H2,1-5H3,(H,81,82)(H,83,84)/t69-,70+,71+/m0/s1. The maximum absolute atomic E-state index is 13.1. The fraction of sp³-hybridized carbons (Fsp3) is 0.947. The van der Waals surface area contributed by atoms with Gasteiger partial charge in [-0.05, 0) is 31.6 Å². The van der Waals surface area contributed by atoms with Crippen LogP contribution in [0.15, 0.2) is 0 Å². The van der Waals surface area contributed by atoms with Crippen molar-refractivity contribution in [3.8, 4) is 0 Å². The molecule has 0 saturated heterocycles. The minimum Gasteiger partial charge on any atom is -0.462 e. The largest absolute Gasteiger partial charge is 0.472 e. The summed E-state index contributed by atoms with van der Waals surface area (Å²) >= 11 is 0. The molecule has 0 rings (SSSR count). The lowest BCUT2D eigenvalue weighted by molar-refractivity contribution is -0.161. The van der Waals surface area contributed by atoms with Gasteiger partial charge in [0.05, 0.1) is 26.4 Å². The van der Waals surface area contributed by atoms with Crippen LogP contribution in [0.25, 0.3) is 0 Å². The number of carbonyl (C=O) groups is 4. The molecule has 0 radical (unpaired) electrons. The molecule has 19 heteroatoms. The van der Waals surface area contributed by atoms with Crippen LogP contribution in [0.3, 0.4) is 0 Å². The highest BCUT2D eigenvalue weighted by Gasteiger charge is 2.30. The smallest absolute Gasteiger partial charge is 0.462 e. The Balaban J connectivity index is 5.14. The van der Waals surface area contributed by atoms with Crippen molar-refractivity contribution in [1.82, 2.24) is 0 Å². The highest BCUT2D eigenvalue weighted by Crippen LogP contribution is 2.45. The van der Waals surface area contributed by atoms with Crippen molar-refractivity contribution >= 4 is 39.5 Å². The maximum Gasteiger partial charge on any atom is 0.472 e. The van der Waals surface area contributed by atoms with Crippen LogP contribution >= 0.6 is 15.6 Å². The van der Waals surface area contributed by atoms with Gasteiger partial charge < -0.3 is 33.8 Å². The third-order valence-electron chi connectivity index (χ3n) is 17.5. The summed E-state index contributed by atoms with van der Waals surface area (Å²) in [6.45, 7) is 7.23. The molecule has 0 amide bonds. The summed E-state index contributed by atoms with van der Waals surface area (Å²) in [6.07, 6.45) is 57.1. The first-order chi connectivity index (χ1) is 45.5. The molecule has 94 heavy (non-hydrogen) atoms. The average molecular weight is 1380 g/mol. The van der Waals surface area contributed by atoms with Crippen LogP contribution in [0, 0.1) is 5.92 Å². The van der Waals surface area contributed by atoms with E-state index in [0.29, 0.717) is 25.7 Å². The van der Waals surface area contributed by atoms with Crippen LogP contribution in [-0.4, -0.2) is 96.7 Å². The van der Waals surface area contributed by atoms with E-state index in [2.05, 4.69) is 34.6 Å². The Hall–Kier alpha value is -1.94. The summed E-state index contributed by atoms with van der Waals surface area (Å²) in [5, 5.41) is 10.6. The van der Waals surface area contributed by atoms with Crippen molar-refractivity contribution in [2.75, 3.05) is 39.6 Å². The normalized spacial score (nSPS) is 14.0. The van der Waals surface area contributed by atoms with Crippen molar-refractivity contribution in [3.05, 3.63) is 0 Å². The van der Waals surface area contributed by atoms with Crippen LogP contribution in [0.1, 0.15) is 394 Å². The van der Waals surface area contributed by atoms with Gasteiger partial charge in [-0.1, -0.05) is 343 Å². The Bertz CT molecular complexity index is 1810. The lowest BCUT2D eigenvalue weighted by Crippen LogP contribution is -2.30. The second kappa shape index (κ2) is 68.2. The number of ether oxygens (including phenoxy) is 4. The molecule has 558 valence electrons. The predicted octanol–water partition coefficient (Wildman–Crippen LogP) is 22.1. The summed E-state index contributed by atoms with van der Waals surface area (Å²) < 4.78 is 68.3. The molecule has 0 heterocycles. The number of carbonyl (C=O) groups excluding carboxylic acids is 4. The van der Waals surface area contributed by atoms with Crippen LogP contribution in [0.2, 0.25) is 0 Å². The minimum absolute atomic E-state index is 0.107. The minimum atomic E-state index is -4.95. The van der Waals surface area contributed by atoms with Gasteiger partial charge in [0.2, 0.25) is 0 Å². The molecule has 0 aromatic heterocycles. The lowest BCUT2D eigenvalue weighted by Gasteiger charge is -2.21. The zero-order chi connectivity index (χ0) is 69.1. The first-order valence-electron chi connectivity index (χ1n) is 39.1. The van der Waals surface area contributed by atoms with E-state index < -0.39 is 97.5 Å². The van der Waals surface area contributed by atoms with Crippen molar-refractivity contribution < 1.29 is 80.2 Å². The summed E-state index contributed by atoms with van der Waals surface area (Å²) in [7, 11) is -9.90. The molecule has 3 N–H and O–H groups in total. The molecule has 0 aliphatic heterocycles. The summed E-state index contributed by atoms with van der Waals surface area (Å²) in [5.74, 6) is -1.36. The van der Waals surface area contributed by atoms with E-state index in [1.165, 1.54) is 205 Å². The molecule has 17 nitrogen and oxygen atoms in total. The third-order valence-corrected chi connectivity index (χ3v) is 19.4. The molecule has 0 aliphatic rings. The van der Waals surface area contributed by atoms with E-state index in [1.54, 1.807) is 0 Å². The highest BCUT2D eigenvalue weighted by atomic mass is 31.2. The summed E-state index contributed by atoms with van der Waals surface area (Å²) in [6, 6.07) is 0. The SMILES string of the molecule is CCCCCCCCCCCCCCCCCCCCCCCCC(=O)O[C@H](COC(=O)CCCCCCCCCCCCC(C)C)COP(=O)(O)OC[C@@H](O)COP(=O)(O)OC[C@@H](COC(=O)CCCCCCCCC)OC(=O)CCCCCCCCCCCCCC. The Morgan fingerprint density at radius 3 is 0.723 bits per heavy atom. The topological polar surface area (TPSA) is 237 Å². The summed E-state index contributed by atoms with van der Waals surface area (Å²) in [5.41, 5.74) is 0. The number of rotatable bonds is 75. The van der Waals surface area contributed by atoms with Gasteiger partial charge >= 0.3 is 39.5 Å². The zero-order valence-corrected chi connectivity index (χ0v) is 62.9. The van der Waals surface area contributed by atoms with E-state index in [1.807, 2.05) is 0 Å². The number of aliphatic hydroxyl groups excluding tert-OH is 1. The molecule has 0 spiro atoms. The maximum atomic E-state index is 13.1. The third kappa shape index (κ3) is 68.6. The van der Waals surface area contributed by atoms with Gasteiger partial charge in [0.1, 0.15) is 19.3 Å². The van der Waals surface area contributed by atoms with E-state index in [0.717, 1.165) is 109 Å². The molecule has 0 saturated carbocycles. The number of phosphoric acid groups is 2. The molecule has 2 unspecified atom stereocenters. The van der Waals surface area contributed by atoms with Gasteiger partial charge in [0, 0.05) is 25.7 Å². The molecule has 5 atom stereocenters. The number of hydrogen-bond donors (Lipinski definition) is 3. The first-order valence-corrected chi connectivity index (χ1v) is 42.1. The van der Waals surface area contributed by atoms with Gasteiger partial charge in [-0.15, -0.1) is 0 Å².